The standard InChI is InChI=1S/C23H23N3O4S/c1-4-20(22(29)24-17-7-5-6-16(12-17)14(2)27)31-23-25-19(13-21(28)26-23)15-8-10-18(30-3)11-9-15/h5-13,20H,4H2,1-3H3,(H,24,29)(H,25,26,28). The number of ether oxygens (including phenoxy) is 1. The van der Waals surface area contributed by atoms with Gasteiger partial charge in [-0.2, -0.15) is 0 Å². The van der Waals surface area contributed by atoms with Crippen molar-refractivity contribution in [2.75, 3.05) is 12.4 Å². The van der Waals surface area contributed by atoms with Gasteiger partial charge in [0.1, 0.15) is 5.75 Å². The summed E-state index contributed by atoms with van der Waals surface area (Å²) >= 11 is 1.19. The number of nitrogens with one attached hydrogen (secondary N) is 2. The Bertz CT molecular complexity index is 1140. The fraction of sp³-hybridized carbons (Fsp3) is 0.217. The molecule has 0 aliphatic heterocycles. The molecule has 31 heavy (non-hydrogen) atoms. The van der Waals surface area contributed by atoms with E-state index in [2.05, 4.69) is 15.3 Å². The first kappa shape index (κ1) is 22.3. The Morgan fingerprint density at radius 3 is 2.55 bits per heavy atom. The van der Waals surface area contributed by atoms with Gasteiger partial charge in [-0.05, 0) is 49.7 Å². The normalized spacial score (nSPS) is 11.6. The van der Waals surface area contributed by atoms with Crippen LogP contribution in [0.25, 0.3) is 11.3 Å². The Labute approximate surface area is 184 Å². The Morgan fingerprint density at radius 2 is 1.90 bits per heavy atom. The highest BCUT2D eigenvalue weighted by molar-refractivity contribution is 8.00. The van der Waals surface area contributed by atoms with Crippen molar-refractivity contribution in [3.8, 4) is 17.0 Å². The molecule has 2 aromatic carbocycles. The second-order valence-electron chi connectivity index (χ2n) is 6.81. The first-order valence-corrected chi connectivity index (χ1v) is 10.6. The minimum atomic E-state index is -0.477. The molecule has 160 valence electrons. The van der Waals surface area contributed by atoms with E-state index in [-0.39, 0.29) is 17.2 Å². The molecule has 8 heteroatoms. The molecule has 0 aliphatic carbocycles. The first-order valence-electron chi connectivity index (χ1n) is 9.74. The van der Waals surface area contributed by atoms with Crippen molar-refractivity contribution in [1.29, 1.82) is 0 Å². The molecule has 0 spiro atoms. The van der Waals surface area contributed by atoms with E-state index in [1.165, 1.54) is 24.8 Å². The number of carbonyl (C=O) groups is 2. The van der Waals surface area contributed by atoms with Gasteiger partial charge in [0.25, 0.3) is 5.56 Å². The van der Waals surface area contributed by atoms with Crippen molar-refractivity contribution in [2.45, 2.75) is 30.7 Å². The summed E-state index contributed by atoms with van der Waals surface area (Å²) in [5.41, 5.74) is 2.06. The number of aromatic nitrogens is 2. The zero-order valence-electron chi connectivity index (χ0n) is 17.5. The molecule has 1 aromatic heterocycles. The van der Waals surface area contributed by atoms with Gasteiger partial charge in [0, 0.05) is 22.9 Å². The van der Waals surface area contributed by atoms with Crippen LogP contribution in [0, 0.1) is 0 Å². The Morgan fingerprint density at radius 1 is 1.16 bits per heavy atom. The smallest absolute Gasteiger partial charge is 0.252 e. The van der Waals surface area contributed by atoms with E-state index in [1.54, 1.807) is 43.5 Å². The molecule has 1 unspecified atom stereocenters. The van der Waals surface area contributed by atoms with Crippen LogP contribution in [0.3, 0.4) is 0 Å². The zero-order valence-corrected chi connectivity index (χ0v) is 18.3. The number of amides is 1. The predicted molar refractivity (Wildman–Crippen MR) is 122 cm³/mol. The quantitative estimate of drug-likeness (QED) is 0.312. The van der Waals surface area contributed by atoms with Gasteiger partial charge in [-0.3, -0.25) is 14.4 Å². The summed E-state index contributed by atoms with van der Waals surface area (Å²) < 4.78 is 5.16. The number of thioether (sulfide) groups is 1. The number of hydrogen-bond donors (Lipinski definition) is 2. The van der Waals surface area contributed by atoms with Crippen LogP contribution >= 0.6 is 11.8 Å². The number of methoxy groups -OCH3 is 1. The Hall–Kier alpha value is -3.39. The van der Waals surface area contributed by atoms with E-state index in [9.17, 15) is 14.4 Å². The van der Waals surface area contributed by atoms with E-state index in [0.717, 1.165) is 5.56 Å². The van der Waals surface area contributed by atoms with Gasteiger partial charge in [0.2, 0.25) is 5.91 Å². The number of nitrogens with zero attached hydrogens (tertiary/aromatic N) is 1. The van der Waals surface area contributed by atoms with Crippen molar-refractivity contribution in [3.63, 3.8) is 0 Å². The summed E-state index contributed by atoms with van der Waals surface area (Å²) in [6.45, 7) is 3.36. The van der Waals surface area contributed by atoms with E-state index in [1.807, 2.05) is 19.1 Å². The van der Waals surface area contributed by atoms with E-state index >= 15 is 0 Å². The highest BCUT2D eigenvalue weighted by atomic mass is 32.2. The van der Waals surface area contributed by atoms with Crippen LogP contribution < -0.4 is 15.6 Å². The molecule has 0 radical (unpaired) electrons. The lowest BCUT2D eigenvalue weighted by Crippen LogP contribution is -2.25. The first-order chi connectivity index (χ1) is 14.9. The number of ketones is 1. The van der Waals surface area contributed by atoms with Gasteiger partial charge in [-0.15, -0.1) is 0 Å². The summed E-state index contributed by atoms with van der Waals surface area (Å²) in [6.07, 6.45) is 0.527. The highest BCUT2D eigenvalue weighted by Crippen LogP contribution is 2.26. The molecule has 0 fully saturated rings. The van der Waals surface area contributed by atoms with Gasteiger partial charge in [-0.25, -0.2) is 4.98 Å². The number of benzene rings is 2. The maximum Gasteiger partial charge on any atom is 0.252 e. The molecule has 3 rings (SSSR count). The number of Topliss-reactive ketones (excluding diaryl/α,β-unsaturated/α-hetero) is 1. The Kier molecular flexibility index (Phi) is 7.25. The molecule has 2 N–H and O–H groups in total. The van der Waals surface area contributed by atoms with Crippen LogP contribution in [-0.4, -0.2) is 34.0 Å². The van der Waals surface area contributed by atoms with Gasteiger partial charge in [0.15, 0.2) is 10.9 Å². The topological polar surface area (TPSA) is 101 Å². The van der Waals surface area contributed by atoms with Crippen molar-refractivity contribution in [2.24, 2.45) is 0 Å². The average molecular weight is 438 g/mol. The molecule has 1 heterocycles. The molecule has 0 aliphatic rings. The largest absolute Gasteiger partial charge is 0.497 e. The lowest BCUT2D eigenvalue weighted by atomic mass is 10.1. The van der Waals surface area contributed by atoms with Crippen LogP contribution in [0.15, 0.2) is 64.5 Å². The molecule has 0 saturated heterocycles. The lowest BCUT2D eigenvalue weighted by molar-refractivity contribution is -0.115. The average Bonchev–Trinajstić information content (AvgIpc) is 2.77. The number of H-pyrrole nitrogens is 1. The molecule has 3 aromatic rings. The monoisotopic (exact) mass is 437 g/mol. The Balaban J connectivity index is 1.78. The maximum atomic E-state index is 12.8. The number of rotatable bonds is 8. The molecule has 7 nitrogen and oxygen atoms in total. The van der Waals surface area contributed by atoms with E-state index in [4.69, 9.17) is 4.74 Å². The minimum absolute atomic E-state index is 0.0744. The fourth-order valence-corrected chi connectivity index (χ4v) is 3.81. The van der Waals surface area contributed by atoms with Gasteiger partial charge < -0.3 is 15.0 Å². The third kappa shape index (κ3) is 5.82. The summed E-state index contributed by atoms with van der Waals surface area (Å²) in [5.74, 6) is 0.403. The van der Waals surface area contributed by atoms with Gasteiger partial charge in [0.05, 0.1) is 18.1 Å². The second-order valence-corrected chi connectivity index (χ2v) is 8.00. The van der Waals surface area contributed by atoms with E-state index < -0.39 is 5.25 Å². The fourth-order valence-electron chi connectivity index (χ4n) is 2.90. The SMILES string of the molecule is CCC(Sc1nc(-c2ccc(OC)cc2)cc(=O)[nH]1)C(=O)Nc1cccc(C(C)=O)c1. The van der Waals surface area contributed by atoms with E-state index in [0.29, 0.717) is 34.3 Å². The van der Waals surface area contributed by atoms with Crippen LogP contribution in [-0.2, 0) is 4.79 Å². The maximum absolute atomic E-state index is 12.8. The molecule has 1 atom stereocenters. The third-order valence-corrected chi connectivity index (χ3v) is 5.81. The lowest BCUT2D eigenvalue weighted by Gasteiger charge is -2.15. The van der Waals surface area contributed by atoms with Crippen molar-refractivity contribution < 1.29 is 14.3 Å². The molecule has 0 bridgehead atoms. The van der Waals surface area contributed by atoms with Crippen LogP contribution in [0.2, 0.25) is 0 Å². The van der Waals surface area contributed by atoms with Crippen molar-refractivity contribution in [3.05, 3.63) is 70.5 Å². The van der Waals surface area contributed by atoms with Crippen LogP contribution in [0.4, 0.5) is 5.69 Å². The molecular formula is C23H23N3O4S. The summed E-state index contributed by atoms with van der Waals surface area (Å²) in [5, 5.41) is 2.72. The minimum Gasteiger partial charge on any atom is -0.497 e. The van der Waals surface area contributed by atoms with Crippen molar-refractivity contribution >= 4 is 29.1 Å². The molecule has 1 amide bonds. The molecular weight excluding hydrogens is 414 g/mol. The summed E-state index contributed by atoms with van der Waals surface area (Å²) in [6, 6.07) is 15.4. The van der Waals surface area contributed by atoms with Crippen LogP contribution in [0.1, 0.15) is 30.6 Å². The third-order valence-electron chi connectivity index (χ3n) is 4.56. The number of carbonyl (C=O) groups excluding carboxylic acids is 2. The number of aromatic amines is 1. The predicted octanol–water partition coefficient (Wildman–Crippen LogP) is 4.16. The molecule has 0 saturated carbocycles. The summed E-state index contributed by atoms with van der Waals surface area (Å²) in [4.78, 5) is 43.7. The van der Waals surface area contributed by atoms with Crippen molar-refractivity contribution in [1.82, 2.24) is 9.97 Å². The van der Waals surface area contributed by atoms with Gasteiger partial charge in [-0.1, -0.05) is 30.8 Å². The zero-order chi connectivity index (χ0) is 22.4. The van der Waals surface area contributed by atoms with Crippen LogP contribution in [0.5, 0.6) is 5.75 Å². The summed E-state index contributed by atoms with van der Waals surface area (Å²) in [7, 11) is 1.58. The van der Waals surface area contributed by atoms with Gasteiger partial charge >= 0.3 is 0 Å². The highest BCUT2D eigenvalue weighted by Gasteiger charge is 2.20. The second kappa shape index (κ2) is 10.1. The number of anilines is 1. The number of hydrogen-bond acceptors (Lipinski definition) is 6.